The number of carbonyl (C=O) groups is 1. The number of hydrogen-bond acceptors (Lipinski definition) is 4. The van der Waals surface area contributed by atoms with E-state index in [1.807, 2.05) is 18.2 Å². The molecule has 0 saturated carbocycles. The third-order valence-electron chi connectivity index (χ3n) is 3.51. The van der Waals surface area contributed by atoms with Gasteiger partial charge in [-0.05, 0) is 24.6 Å². The Morgan fingerprint density at radius 1 is 1.55 bits per heavy atom. The highest BCUT2D eigenvalue weighted by Gasteiger charge is 2.22. The summed E-state index contributed by atoms with van der Waals surface area (Å²) in [7, 11) is 1.64. The van der Waals surface area contributed by atoms with E-state index >= 15 is 0 Å². The Kier molecular flexibility index (Phi) is 4.84. The molecule has 0 fully saturated rings. The highest BCUT2D eigenvalue weighted by atomic mass is 16.5. The molecule has 0 bridgehead atoms. The minimum absolute atomic E-state index is 0.0958. The Labute approximate surface area is 119 Å². The molecule has 0 aliphatic carbocycles. The quantitative estimate of drug-likeness (QED) is 0.895. The van der Waals surface area contributed by atoms with Crippen molar-refractivity contribution in [3.05, 3.63) is 23.8 Å². The van der Waals surface area contributed by atoms with Crippen LogP contribution in [0.1, 0.15) is 25.3 Å². The van der Waals surface area contributed by atoms with Crippen LogP contribution in [-0.4, -0.2) is 42.3 Å². The van der Waals surface area contributed by atoms with Gasteiger partial charge in [0.2, 0.25) is 0 Å². The predicted molar refractivity (Wildman–Crippen MR) is 75.2 cm³/mol. The summed E-state index contributed by atoms with van der Waals surface area (Å²) < 4.78 is 11.2. The lowest BCUT2D eigenvalue weighted by atomic mass is 10.1. The molecule has 0 spiro atoms. The van der Waals surface area contributed by atoms with E-state index in [9.17, 15) is 4.79 Å². The molecule has 0 amide bonds. The maximum absolute atomic E-state index is 10.7. The van der Waals surface area contributed by atoms with Crippen LogP contribution >= 0.6 is 0 Å². The van der Waals surface area contributed by atoms with Gasteiger partial charge >= 0.3 is 5.97 Å². The zero-order valence-electron chi connectivity index (χ0n) is 12.0. The average molecular weight is 279 g/mol. The van der Waals surface area contributed by atoms with E-state index in [4.69, 9.17) is 14.6 Å². The Balaban J connectivity index is 2.18. The average Bonchev–Trinajstić information content (AvgIpc) is 2.62. The summed E-state index contributed by atoms with van der Waals surface area (Å²) in [4.78, 5) is 12.9. The molecule has 0 radical (unpaired) electrons. The second-order valence-corrected chi connectivity index (χ2v) is 5.00. The van der Waals surface area contributed by atoms with Crippen molar-refractivity contribution < 1.29 is 19.4 Å². The molecule has 1 aliphatic rings. The largest absolute Gasteiger partial charge is 0.497 e. The van der Waals surface area contributed by atoms with Crippen molar-refractivity contribution in [2.75, 3.05) is 20.2 Å². The van der Waals surface area contributed by atoms with Crippen LogP contribution in [0.2, 0.25) is 0 Å². The van der Waals surface area contributed by atoms with Crippen LogP contribution in [0.3, 0.4) is 0 Å². The number of carboxylic acids is 1. The highest BCUT2D eigenvalue weighted by molar-refractivity contribution is 5.66. The van der Waals surface area contributed by atoms with Gasteiger partial charge < -0.3 is 14.6 Å². The van der Waals surface area contributed by atoms with Gasteiger partial charge in [-0.2, -0.15) is 0 Å². The van der Waals surface area contributed by atoms with Gasteiger partial charge in [0, 0.05) is 25.2 Å². The molecule has 0 aromatic heterocycles. The van der Waals surface area contributed by atoms with Crippen molar-refractivity contribution >= 4 is 5.97 Å². The molecule has 5 heteroatoms. The normalized spacial score (nSPS) is 18.8. The monoisotopic (exact) mass is 279 g/mol. The van der Waals surface area contributed by atoms with Crippen LogP contribution < -0.4 is 9.47 Å². The molecule has 2 rings (SSSR count). The van der Waals surface area contributed by atoms with Gasteiger partial charge in [-0.3, -0.25) is 9.69 Å². The Bertz CT molecular complexity index is 475. The summed E-state index contributed by atoms with van der Waals surface area (Å²) in [5, 5.41) is 8.84. The maximum atomic E-state index is 10.7. The molecule has 1 heterocycles. The van der Waals surface area contributed by atoms with Crippen LogP contribution in [0.25, 0.3) is 0 Å². The van der Waals surface area contributed by atoms with E-state index < -0.39 is 5.97 Å². The topological polar surface area (TPSA) is 59.0 Å². The first-order chi connectivity index (χ1) is 9.62. The van der Waals surface area contributed by atoms with Crippen molar-refractivity contribution in [2.45, 2.75) is 32.4 Å². The van der Waals surface area contributed by atoms with E-state index in [1.54, 1.807) is 7.11 Å². The van der Waals surface area contributed by atoms with Gasteiger partial charge in [0.05, 0.1) is 13.5 Å². The molecule has 1 atom stereocenters. The highest BCUT2D eigenvalue weighted by Crippen LogP contribution is 2.29. The molecular weight excluding hydrogens is 258 g/mol. The number of ether oxygens (including phenoxy) is 2. The SMILES string of the molecule is CCC1CN(CCC(=O)O)Cc2cc(OC)ccc2O1. The lowest BCUT2D eigenvalue weighted by Gasteiger charge is -2.22. The van der Waals surface area contributed by atoms with Crippen molar-refractivity contribution in [2.24, 2.45) is 0 Å². The number of aliphatic carboxylic acids is 1. The van der Waals surface area contributed by atoms with Crippen LogP contribution in [0.4, 0.5) is 0 Å². The van der Waals surface area contributed by atoms with Crippen molar-refractivity contribution in [1.29, 1.82) is 0 Å². The number of rotatable bonds is 5. The van der Waals surface area contributed by atoms with Crippen LogP contribution in [0.5, 0.6) is 11.5 Å². The molecule has 1 aliphatic heterocycles. The van der Waals surface area contributed by atoms with Gasteiger partial charge in [-0.1, -0.05) is 6.92 Å². The fourth-order valence-corrected chi connectivity index (χ4v) is 2.37. The lowest BCUT2D eigenvalue weighted by molar-refractivity contribution is -0.137. The number of methoxy groups -OCH3 is 1. The van der Waals surface area contributed by atoms with E-state index in [1.165, 1.54) is 0 Å². The van der Waals surface area contributed by atoms with Crippen LogP contribution in [-0.2, 0) is 11.3 Å². The number of fused-ring (bicyclic) bond motifs is 1. The first-order valence-electron chi connectivity index (χ1n) is 6.90. The molecule has 1 unspecified atom stereocenters. The molecule has 1 aromatic rings. The Hall–Kier alpha value is -1.75. The standard InChI is InChI=1S/C15H21NO4/c1-3-12-10-16(7-6-15(17)18)9-11-8-13(19-2)4-5-14(11)20-12/h4-5,8,12H,3,6-7,9-10H2,1-2H3,(H,17,18). The number of nitrogens with zero attached hydrogens (tertiary/aromatic N) is 1. The van der Waals surface area contributed by atoms with E-state index in [-0.39, 0.29) is 12.5 Å². The fourth-order valence-electron chi connectivity index (χ4n) is 2.37. The van der Waals surface area contributed by atoms with Crippen molar-refractivity contribution in [3.8, 4) is 11.5 Å². The molecule has 110 valence electrons. The second kappa shape index (κ2) is 6.61. The van der Waals surface area contributed by atoms with E-state index in [2.05, 4.69) is 11.8 Å². The third-order valence-corrected chi connectivity index (χ3v) is 3.51. The maximum Gasteiger partial charge on any atom is 0.304 e. The summed E-state index contributed by atoms with van der Waals surface area (Å²) in [5.41, 5.74) is 1.05. The Morgan fingerprint density at radius 3 is 3.00 bits per heavy atom. The van der Waals surface area contributed by atoms with Crippen LogP contribution in [0.15, 0.2) is 18.2 Å². The van der Waals surface area contributed by atoms with Crippen molar-refractivity contribution in [1.82, 2.24) is 4.90 Å². The molecular formula is C15H21NO4. The first kappa shape index (κ1) is 14.7. The second-order valence-electron chi connectivity index (χ2n) is 5.00. The zero-order chi connectivity index (χ0) is 14.5. The molecule has 0 saturated heterocycles. The summed E-state index contributed by atoms with van der Waals surface area (Å²) in [6, 6.07) is 5.77. The van der Waals surface area contributed by atoms with Crippen LogP contribution in [0, 0.1) is 0 Å². The number of hydrogen-bond donors (Lipinski definition) is 1. The molecule has 5 nitrogen and oxygen atoms in total. The van der Waals surface area contributed by atoms with Gasteiger partial charge in [-0.25, -0.2) is 0 Å². The van der Waals surface area contributed by atoms with E-state index in [0.717, 1.165) is 30.0 Å². The number of carboxylic acid groups (broad SMARTS) is 1. The Morgan fingerprint density at radius 2 is 2.35 bits per heavy atom. The van der Waals surface area contributed by atoms with Gasteiger partial charge in [0.15, 0.2) is 0 Å². The van der Waals surface area contributed by atoms with Gasteiger partial charge in [-0.15, -0.1) is 0 Å². The fraction of sp³-hybridized carbons (Fsp3) is 0.533. The van der Waals surface area contributed by atoms with Crippen molar-refractivity contribution in [3.63, 3.8) is 0 Å². The summed E-state index contributed by atoms with van der Waals surface area (Å²) >= 11 is 0. The van der Waals surface area contributed by atoms with Gasteiger partial charge in [0.1, 0.15) is 17.6 Å². The van der Waals surface area contributed by atoms with Gasteiger partial charge in [0.25, 0.3) is 0 Å². The van der Waals surface area contributed by atoms with E-state index in [0.29, 0.717) is 13.1 Å². The zero-order valence-corrected chi connectivity index (χ0v) is 12.0. The third kappa shape index (κ3) is 3.63. The molecule has 1 aromatic carbocycles. The lowest BCUT2D eigenvalue weighted by Crippen LogP contribution is -2.33. The summed E-state index contributed by atoms with van der Waals surface area (Å²) in [5.74, 6) is 0.894. The minimum atomic E-state index is -0.769. The summed E-state index contributed by atoms with van der Waals surface area (Å²) in [6.07, 6.45) is 1.14. The predicted octanol–water partition coefficient (Wildman–Crippen LogP) is 2.14. The molecule has 1 N–H and O–H groups in total. The summed E-state index contributed by atoms with van der Waals surface area (Å²) in [6.45, 7) is 4.05. The molecule has 20 heavy (non-hydrogen) atoms. The first-order valence-corrected chi connectivity index (χ1v) is 6.90. The minimum Gasteiger partial charge on any atom is -0.497 e. The number of benzene rings is 1. The smallest absolute Gasteiger partial charge is 0.304 e.